The second-order valence-corrected chi connectivity index (χ2v) is 9.80. The van der Waals surface area contributed by atoms with Gasteiger partial charge in [0.05, 0.1) is 10.6 Å². The third kappa shape index (κ3) is 5.20. The van der Waals surface area contributed by atoms with E-state index in [4.69, 9.17) is 4.42 Å². The minimum Gasteiger partial charge on any atom is -0.441 e. The molecule has 34 heavy (non-hydrogen) atoms. The van der Waals surface area contributed by atoms with Gasteiger partial charge in [-0.25, -0.2) is 18.4 Å². The van der Waals surface area contributed by atoms with Crippen molar-refractivity contribution in [3.63, 3.8) is 0 Å². The minimum absolute atomic E-state index is 0.0119. The van der Waals surface area contributed by atoms with Gasteiger partial charge in [0.2, 0.25) is 11.8 Å². The molecule has 1 amide bonds. The largest absolute Gasteiger partial charge is 0.441 e. The van der Waals surface area contributed by atoms with E-state index in [2.05, 4.69) is 15.3 Å². The van der Waals surface area contributed by atoms with Crippen LogP contribution in [-0.2, 0) is 22.1 Å². The lowest BCUT2D eigenvalue weighted by atomic mass is 10.1. The van der Waals surface area contributed by atoms with Gasteiger partial charge in [0.25, 0.3) is 5.91 Å². The molecule has 0 aliphatic rings. The van der Waals surface area contributed by atoms with E-state index in [9.17, 15) is 17.6 Å². The van der Waals surface area contributed by atoms with Crippen molar-refractivity contribution in [2.75, 3.05) is 0 Å². The van der Waals surface area contributed by atoms with Gasteiger partial charge in [-0.05, 0) is 56.3 Å². The normalized spacial score (nSPS) is 11.4. The van der Waals surface area contributed by atoms with Gasteiger partial charge in [0.1, 0.15) is 11.5 Å². The number of benzene rings is 2. The molecule has 0 unspecified atom stereocenters. The summed E-state index contributed by atoms with van der Waals surface area (Å²) in [4.78, 5) is 20.5. The van der Waals surface area contributed by atoms with Gasteiger partial charge in [0, 0.05) is 29.4 Å². The van der Waals surface area contributed by atoms with E-state index in [-0.39, 0.29) is 34.6 Å². The molecule has 0 saturated carbocycles. The monoisotopic (exact) mass is 479 g/mol. The number of sulfone groups is 1. The van der Waals surface area contributed by atoms with Crippen LogP contribution in [-0.4, -0.2) is 24.3 Å². The molecule has 174 valence electrons. The summed E-state index contributed by atoms with van der Waals surface area (Å²) in [6.07, 6.45) is 1.34. The highest BCUT2D eigenvalue weighted by Gasteiger charge is 2.21. The number of nitrogens with one attached hydrogen (secondary N) is 1. The average molecular weight is 480 g/mol. The first kappa shape index (κ1) is 23.3. The van der Waals surface area contributed by atoms with E-state index in [1.165, 1.54) is 6.20 Å². The Morgan fingerprint density at radius 3 is 2.41 bits per heavy atom. The number of hydrogen-bond acceptors (Lipinski definition) is 6. The first-order valence-electron chi connectivity index (χ1n) is 10.5. The summed E-state index contributed by atoms with van der Waals surface area (Å²) in [6, 6.07) is 16.3. The molecule has 0 radical (unpaired) electrons. The van der Waals surface area contributed by atoms with Crippen molar-refractivity contribution in [3.05, 3.63) is 101 Å². The van der Waals surface area contributed by atoms with Crippen LogP contribution in [0.1, 0.15) is 32.9 Å². The number of nitrogens with zero attached hydrogens (tertiary/aromatic N) is 2. The van der Waals surface area contributed by atoms with Crippen LogP contribution < -0.4 is 5.32 Å². The van der Waals surface area contributed by atoms with Crippen molar-refractivity contribution in [1.82, 2.24) is 15.3 Å². The van der Waals surface area contributed by atoms with Crippen LogP contribution in [0, 0.1) is 19.8 Å². The number of rotatable bonds is 7. The highest BCUT2D eigenvalue weighted by atomic mass is 32.2. The predicted molar refractivity (Wildman–Crippen MR) is 124 cm³/mol. The maximum absolute atomic E-state index is 13.6. The van der Waals surface area contributed by atoms with E-state index < -0.39 is 15.8 Å². The number of halogens is 1. The molecule has 0 aliphatic heterocycles. The molecule has 4 rings (SSSR count). The third-order valence-electron chi connectivity index (χ3n) is 5.27. The molecule has 0 bridgehead atoms. The lowest BCUT2D eigenvalue weighted by Gasteiger charge is -2.06. The van der Waals surface area contributed by atoms with Crippen molar-refractivity contribution >= 4 is 15.7 Å². The topological polar surface area (TPSA) is 102 Å². The Labute approximate surface area is 196 Å². The zero-order chi connectivity index (χ0) is 24.3. The van der Waals surface area contributed by atoms with Gasteiger partial charge in [-0.2, -0.15) is 4.39 Å². The molecular formula is C25H22FN3O4S. The number of carbonyl (C=O) groups is 1. The Hall–Kier alpha value is -3.85. The molecule has 0 spiro atoms. The highest BCUT2D eigenvalue weighted by Crippen LogP contribution is 2.25. The average Bonchev–Trinajstić information content (AvgIpc) is 3.18. The molecule has 9 heteroatoms. The number of hydrogen-bond donors (Lipinski definition) is 1. The fourth-order valence-electron chi connectivity index (χ4n) is 3.29. The van der Waals surface area contributed by atoms with Crippen molar-refractivity contribution in [3.8, 4) is 11.5 Å². The number of aromatic nitrogens is 2. The van der Waals surface area contributed by atoms with E-state index in [1.54, 1.807) is 67.6 Å². The van der Waals surface area contributed by atoms with Crippen molar-refractivity contribution in [2.45, 2.75) is 31.0 Å². The molecule has 0 aliphatic carbocycles. The number of aryl methyl sites for hydroxylation is 2. The first-order valence-corrected chi connectivity index (χ1v) is 12.1. The van der Waals surface area contributed by atoms with Crippen LogP contribution in [0.4, 0.5) is 4.39 Å². The summed E-state index contributed by atoms with van der Waals surface area (Å²) in [6.45, 7) is 3.56. The maximum atomic E-state index is 13.6. The summed E-state index contributed by atoms with van der Waals surface area (Å²) in [7, 11) is -3.58. The Bertz CT molecular complexity index is 1430. The van der Waals surface area contributed by atoms with Crippen LogP contribution in [0.5, 0.6) is 0 Å². The lowest BCUT2D eigenvalue weighted by Crippen LogP contribution is -2.23. The van der Waals surface area contributed by atoms with Crippen LogP contribution in [0.3, 0.4) is 0 Å². The van der Waals surface area contributed by atoms with Gasteiger partial charge >= 0.3 is 0 Å². The number of oxazole rings is 1. The Morgan fingerprint density at radius 2 is 1.74 bits per heavy atom. The molecule has 0 atom stereocenters. The minimum atomic E-state index is -3.58. The van der Waals surface area contributed by atoms with E-state index in [0.29, 0.717) is 22.6 Å². The summed E-state index contributed by atoms with van der Waals surface area (Å²) in [5.74, 6) is -0.612. The molecule has 2 heterocycles. The summed E-state index contributed by atoms with van der Waals surface area (Å²) < 4.78 is 44.8. The molecule has 2 aromatic heterocycles. The van der Waals surface area contributed by atoms with Gasteiger partial charge in [-0.15, -0.1) is 0 Å². The van der Waals surface area contributed by atoms with Gasteiger partial charge in [0.15, 0.2) is 9.84 Å². The van der Waals surface area contributed by atoms with E-state index in [0.717, 1.165) is 5.56 Å². The Morgan fingerprint density at radius 1 is 1.03 bits per heavy atom. The molecular weight excluding hydrogens is 457 g/mol. The van der Waals surface area contributed by atoms with Gasteiger partial charge in [-0.3, -0.25) is 4.79 Å². The summed E-state index contributed by atoms with van der Waals surface area (Å²) in [5, 5.41) is 2.65. The smallest absolute Gasteiger partial charge is 0.251 e. The van der Waals surface area contributed by atoms with Gasteiger partial charge < -0.3 is 9.73 Å². The second kappa shape index (κ2) is 9.56. The predicted octanol–water partition coefficient (Wildman–Crippen LogP) is 4.40. The maximum Gasteiger partial charge on any atom is 0.251 e. The van der Waals surface area contributed by atoms with Crippen molar-refractivity contribution in [1.29, 1.82) is 0 Å². The summed E-state index contributed by atoms with van der Waals surface area (Å²) in [5.41, 5.74) is 2.56. The molecule has 4 aromatic rings. The second-order valence-electron chi connectivity index (χ2n) is 7.81. The van der Waals surface area contributed by atoms with Crippen molar-refractivity contribution in [2.24, 2.45) is 0 Å². The number of pyridine rings is 1. The SMILES string of the molecule is Cc1ccc(S(=O)(=O)Cc2nc(-c3ccc(C(=O)NCc4cccnc4F)cc3)oc2C)cc1. The number of amides is 1. The van der Waals surface area contributed by atoms with Crippen LogP contribution in [0.2, 0.25) is 0 Å². The Balaban J connectivity index is 1.46. The van der Waals surface area contributed by atoms with Crippen LogP contribution in [0.15, 0.2) is 76.2 Å². The van der Waals surface area contributed by atoms with Crippen LogP contribution in [0.25, 0.3) is 11.5 Å². The van der Waals surface area contributed by atoms with Gasteiger partial charge in [-0.1, -0.05) is 23.8 Å². The number of carbonyl (C=O) groups excluding carboxylic acids is 1. The molecule has 2 aromatic carbocycles. The molecule has 0 saturated heterocycles. The zero-order valence-electron chi connectivity index (χ0n) is 18.6. The molecule has 1 N–H and O–H groups in total. The molecule has 0 fully saturated rings. The van der Waals surface area contributed by atoms with E-state index >= 15 is 0 Å². The Kier molecular flexibility index (Phi) is 6.56. The zero-order valence-corrected chi connectivity index (χ0v) is 19.4. The third-order valence-corrected chi connectivity index (χ3v) is 6.91. The van der Waals surface area contributed by atoms with Crippen LogP contribution >= 0.6 is 0 Å². The standard InChI is InChI=1S/C25H22FN3O4S/c1-16-5-11-21(12-6-16)34(31,32)15-22-17(2)33-25(29-22)19-9-7-18(8-10-19)24(30)28-14-20-4-3-13-27-23(20)26/h3-13H,14-15H2,1-2H3,(H,28,30). The molecule has 7 nitrogen and oxygen atoms in total. The lowest BCUT2D eigenvalue weighted by molar-refractivity contribution is 0.0950. The van der Waals surface area contributed by atoms with E-state index in [1.807, 2.05) is 6.92 Å². The quantitative estimate of drug-likeness (QED) is 0.394. The highest BCUT2D eigenvalue weighted by molar-refractivity contribution is 7.90. The summed E-state index contributed by atoms with van der Waals surface area (Å²) >= 11 is 0. The van der Waals surface area contributed by atoms with Crippen molar-refractivity contribution < 1.29 is 22.0 Å². The fraction of sp³-hybridized carbons (Fsp3) is 0.160. The fourth-order valence-corrected chi connectivity index (χ4v) is 4.63. The first-order chi connectivity index (χ1) is 16.2.